The molecule has 1 saturated heterocycles. The van der Waals surface area contributed by atoms with E-state index in [1.54, 1.807) is 0 Å². The molecule has 1 aromatic rings. The molecule has 1 aliphatic rings. The second-order valence-electron chi connectivity index (χ2n) is 5.48. The summed E-state index contributed by atoms with van der Waals surface area (Å²) in [6.45, 7) is 5.57. The Hall–Kier alpha value is -1.55. The summed E-state index contributed by atoms with van der Waals surface area (Å²) in [6, 6.07) is 10.2. The largest absolute Gasteiger partial charge is 0.376 e. The normalized spacial score (nSPS) is 21.2. The smallest absolute Gasteiger partial charge is 0.315 e. The highest BCUT2D eigenvalue weighted by Crippen LogP contribution is 2.18. The van der Waals surface area contributed by atoms with Crippen LogP contribution in [0, 0.1) is 0 Å². The van der Waals surface area contributed by atoms with E-state index in [1.807, 2.05) is 25.1 Å². The van der Waals surface area contributed by atoms with Crippen LogP contribution in [0.5, 0.6) is 0 Å². The van der Waals surface area contributed by atoms with Crippen molar-refractivity contribution in [3.63, 3.8) is 0 Å². The molecule has 0 radical (unpaired) electrons. The first-order valence-electron chi connectivity index (χ1n) is 7.37. The maximum absolute atomic E-state index is 11.9. The number of urea groups is 1. The van der Waals surface area contributed by atoms with Crippen LogP contribution in [0.1, 0.15) is 38.2 Å². The van der Waals surface area contributed by atoms with Crippen LogP contribution in [-0.4, -0.2) is 31.3 Å². The molecule has 0 spiro atoms. The lowest BCUT2D eigenvalue weighted by Gasteiger charge is -2.22. The van der Waals surface area contributed by atoms with E-state index in [2.05, 4.69) is 29.7 Å². The minimum absolute atomic E-state index is 0.0851. The first-order chi connectivity index (χ1) is 9.66. The lowest BCUT2D eigenvalue weighted by molar-refractivity contribution is 0.111. The summed E-state index contributed by atoms with van der Waals surface area (Å²) in [7, 11) is 0. The molecule has 4 heteroatoms. The lowest BCUT2D eigenvalue weighted by atomic mass is 9.95. The Labute approximate surface area is 120 Å². The number of benzene rings is 1. The van der Waals surface area contributed by atoms with Crippen molar-refractivity contribution >= 4 is 6.03 Å². The van der Waals surface area contributed by atoms with Gasteiger partial charge in [0, 0.05) is 25.1 Å². The van der Waals surface area contributed by atoms with E-state index < -0.39 is 0 Å². The lowest BCUT2D eigenvalue weighted by Crippen LogP contribution is -2.45. The highest BCUT2D eigenvalue weighted by molar-refractivity contribution is 5.74. The molecule has 110 valence electrons. The monoisotopic (exact) mass is 276 g/mol. The maximum Gasteiger partial charge on any atom is 0.315 e. The van der Waals surface area contributed by atoms with Crippen molar-refractivity contribution in [2.45, 2.75) is 44.8 Å². The van der Waals surface area contributed by atoms with Gasteiger partial charge in [-0.1, -0.05) is 37.3 Å². The summed E-state index contributed by atoms with van der Waals surface area (Å²) < 4.78 is 5.48. The van der Waals surface area contributed by atoms with Crippen LogP contribution in [-0.2, 0) is 4.74 Å². The van der Waals surface area contributed by atoms with Crippen LogP contribution < -0.4 is 10.6 Å². The summed E-state index contributed by atoms with van der Waals surface area (Å²) in [6.07, 6.45) is 2.31. The van der Waals surface area contributed by atoms with E-state index in [0.717, 1.165) is 19.4 Å². The van der Waals surface area contributed by atoms with Gasteiger partial charge in [-0.3, -0.25) is 0 Å². The number of carbonyl (C=O) groups excluding carboxylic acids is 1. The average Bonchev–Trinajstić information content (AvgIpc) is 2.98. The molecule has 1 fully saturated rings. The fourth-order valence-corrected chi connectivity index (χ4v) is 2.44. The van der Waals surface area contributed by atoms with Gasteiger partial charge < -0.3 is 15.4 Å². The summed E-state index contributed by atoms with van der Waals surface area (Å²) in [4.78, 5) is 11.9. The number of amides is 2. The molecule has 4 nitrogen and oxygen atoms in total. The molecular formula is C16H24N2O2. The quantitative estimate of drug-likeness (QED) is 0.868. The van der Waals surface area contributed by atoms with Crippen LogP contribution in [0.3, 0.4) is 0 Å². The van der Waals surface area contributed by atoms with E-state index in [0.29, 0.717) is 6.54 Å². The van der Waals surface area contributed by atoms with Crippen LogP contribution in [0.2, 0.25) is 0 Å². The Bertz CT molecular complexity index is 416. The molecule has 2 N–H and O–H groups in total. The van der Waals surface area contributed by atoms with Gasteiger partial charge in [0.2, 0.25) is 0 Å². The molecule has 0 bridgehead atoms. The van der Waals surface area contributed by atoms with Gasteiger partial charge in [0.15, 0.2) is 0 Å². The number of hydrogen-bond donors (Lipinski definition) is 2. The predicted octanol–water partition coefficient (Wildman–Crippen LogP) is 2.66. The molecule has 1 aliphatic heterocycles. The predicted molar refractivity (Wildman–Crippen MR) is 79.8 cm³/mol. The Morgan fingerprint density at radius 1 is 1.35 bits per heavy atom. The van der Waals surface area contributed by atoms with E-state index in [1.165, 1.54) is 5.56 Å². The van der Waals surface area contributed by atoms with Crippen LogP contribution in [0.4, 0.5) is 4.79 Å². The van der Waals surface area contributed by atoms with Crippen molar-refractivity contribution in [3.8, 4) is 0 Å². The minimum atomic E-state index is -0.115. The second kappa shape index (κ2) is 7.29. The number of nitrogens with one attached hydrogen (secondary N) is 2. The van der Waals surface area contributed by atoms with Crippen molar-refractivity contribution in [2.24, 2.45) is 0 Å². The standard InChI is InChI=1S/C16H24N2O2/c1-12(14-7-4-3-5-8-14)13(2)18-16(19)17-11-15-9-6-10-20-15/h3-5,7-8,12-13,15H,6,9-11H2,1-2H3,(H2,17,18,19)/t12-,13-,15-/m0/s1. The Kier molecular flexibility index (Phi) is 5.41. The molecule has 20 heavy (non-hydrogen) atoms. The molecule has 1 aromatic carbocycles. The number of rotatable bonds is 5. The topological polar surface area (TPSA) is 50.4 Å². The Balaban J connectivity index is 1.75. The van der Waals surface area contributed by atoms with E-state index in [4.69, 9.17) is 4.74 Å². The zero-order chi connectivity index (χ0) is 14.4. The van der Waals surface area contributed by atoms with Crippen LogP contribution >= 0.6 is 0 Å². The SMILES string of the molecule is C[C@H](NC(=O)NC[C@@H]1CCCO1)[C@H](C)c1ccccc1. The summed E-state index contributed by atoms with van der Waals surface area (Å²) in [5, 5.41) is 5.88. The van der Waals surface area contributed by atoms with Gasteiger partial charge >= 0.3 is 6.03 Å². The highest BCUT2D eigenvalue weighted by atomic mass is 16.5. The van der Waals surface area contributed by atoms with E-state index >= 15 is 0 Å². The van der Waals surface area contributed by atoms with Crippen LogP contribution in [0.15, 0.2) is 30.3 Å². The molecule has 3 atom stereocenters. The van der Waals surface area contributed by atoms with E-state index in [9.17, 15) is 4.79 Å². The van der Waals surface area contributed by atoms with Gasteiger partial charge in [0.25, 0.3) is 0 Å². The maximum atomic E-state index is 11.9. The fraction of sp³-hybridized carbons (Fsp3) is 0.562. The fourth-order valence-electron chi connectivity index (χ4n) is 2.44. The van der Waals surface area contributed by atoms with Gasteiger partial charge in [-0.05, 0) is 25.3 Å². The van der Waals surface area contributed by atoms with Crippen LogP contribution in [0.25, 0.3) is 0 Å². The number of ether oxygens (including phenoxy) is 1. The van der Waals surface area contributed by atoms with E-state index in [-0.39, 0.29) is 24.1 Å². The molecule has 0 aromatic heterocycles. The van der Waals surface area contributed by atoms with Gasteiger partial charge in [-0.15, -0.1) is 0 Å². The second-order valence-corrected chi connectivity index (χ2v) is 5.48. The Morgan fingerprint density at radius 3 is 2.75 bits per heavy atom. The van der Waals surface area contributed by atoms with Crippen molar-refractivity contribution < 1.29 is 9.53 Å². The minimum Gasteiger partial charge on any atom is -0.376 e. The number of hydrogen-bond acceptors (Lipinski definition) is 2. The van der Waals surface area contributed by atoms with Gasteiger partial charge in [0.1, 0.15) is 0 Å². The zero-order valence-corrected chi connectivity index (χ0v) is 12.3. The molecule has 2 rings (SSSR count). The first kappa shape index (κ1) is 14.9. The van der Waals surface area contributed by atoms with Crippen molar-refractivity contribution in [2.75, 3.05) is 13.2 Å². The number of carbonyl (C=O) groups is 1. The molecule has 2 amide bonds. The molecular weight excluding hydrogens is 252 g/mol. The summed E-state index contributed by atoms with van der Waals surface area (Å²) >= 11 is 0. The highest BCUT2D eigenvalue weighted by Gasteiger charge is 2.19. The van der Waals surface area contributed by atoms with Crippen molar-refractivity contribution in [1.82, 2.24) is 10.6 Å². The van der Waals surface area contributed by atoms with Crippen molar-refractivity contribution in [3.05, 3.63) is 35.9 Å². The zero-order valence-electron chi connectivity index (χ0n) is 12.3. The molecule has 0 unspecified atom stereocenters. The molecule has 0 aliphatic carbocycles. The first-order valence-corrected chi connectivity index (χ1v) is 7.37. The van der Waals surface area contributed by atoms with Crippen molar-refractivity contribution in [1.29, 1.82) is 0 Å². The molecule has 0 saturated carbocycles. The summed E-state index contributed by atoms with van der Waals surface area (Å²) in [5.41, 5.74) is 1.24. The van der Waals surface area contributed by atoms with Gasteiger partial charge in [0.05, 0.1) is 6.10 Å². The van der Waals surface area contributed by atoms with Gasteiger partial charge in [-0.25, -0.2) is 4.79 Å². The third kappa shape index (κ3) is 4.23. The third-order valence-corrected chi connectivity index (χ3v) is 3.95. The average molecular weight is 276 g/mol. The molecule has 1 heterocycles. The van der Waals surface area contributed by atoms with Gasteiger partial charge in [-0.2, -0.15) is 0 Å². The Morgan fingerprint density at radius 2 is 2.10 bits per heavy atom. The third-order valence-electron chi connectivity index (χ3n) is 3.95. The summed E-state index contributed by atoms with van der Waals surface area (Å²) in [5.74, 6) is 0.282.